The van der Waals surface area contributed by atoms with Crippen LogP contribution in [0.25, 0.3) is 22.7 Å². The third-order valence-electron chi connectivity index (χ3n) is 5.14. The van der Waals surface area contributed by atoms with Crippen LogP contribution in [0.5, 0.6) is 0 Å². The van der Waals surface area contributed by atoms with Crippen molar-refractivity contribution in [1.29, 1.82) is 0 Å². The number of H-pyrrole nitrogens is 1. The lowest BCUT2D eigenvalue weighted by Gasteiger charge is -2.09. The van der Waals surface area contributed by atoms with E-state index >= 15 is 0 Å². The maximum Gasteiger partial charge on any atom is 0.263 e. The molecule has 0 aliphatic carbocycles. The minimum atomic E-state index is -0.367. The first-order chi connectivity index (χ1) is 17.0. The van der Waals surface area contributed by atoms with E-state index in [1.54, 1.807) is 41.9 Å². The number of nitrogens with one attached hydrogen (secondary N) is 2. The predicted molar refractivity (Wildman–Crippen MR) is 138 cm³/mol. The van der Waals surface area contributed by atoms with Crippen molar-refractivity contribution in [2.75, 3.05) is 11.1 Å². The fourth-order valence-electron chi connectivity index (χ4n) is 3.54. The molecule has 0 unspecified atom stereocenters. The van der Waals surface area contributed by atoms with Crippen molar-refractivity contribution in [2.24, 2.45) is 0 Å². The van der Waals surface area contributed by atoms with E-state index < -0.39 is 0 Å². The Labute approximate surface area is 209 Å². The summed E-state index contributed by atoms with van der Waals surface area (Å²) in [4.78, 5) is 32.7. The van der Waals surface area contributed by atoms with Crippen LogP contribution in [0, 0.1) is 6.92 Å². The van der Waals surface area contributed by atoms with Gasteiger partial charge < -0.3 is 5.32 Å². The fourth-order valence-corrected chi connectivity index (χ4v) is 4.46. The largest absolute Gasteiger partial charge is 0.310 e. The molecule has 11 heteroatoms. The number of rotatable bonds is 7. The Kier molecular flexibility index (Phi) is 6.39. The highest BCUT2D eigenvalue weighted by molar-refractivity contribution is 7.99. The summed E-state index contributed by atoms with van der Waals surface area (Å²) in [5.41, 5.74) is 2.50. The highest BCUT2D eigenvalue weighted by Crippen LogP contribution is 2.20. The molecule has 3 aromatic heterocycles. The highest BCUT2D eigenvalue weighted by atomic mass is 35.5. The summed E-state index contributed by atoms with van der Waals surface area (Å²) in [5, 5.41) is 12.5. The molecule has 5 rings (SSSR count). The molecule has 0 saturated heterocycles. The van der Waals surface area contributed by atoms with Gasteiger partial charge in [0, 0.05) is 16.8 Å². The van der Waals surface area contributed by atoms with Crippen molar-refractivity contribution in [3.05, 3.63) is 93.5 Å². The molecule has 0 radical (unpaired) electrons. The van der Waals surface area contributed by atoms with Crippen molar-refractivity contribution >= 4 is 46.1 Å². The van der Waals surface area contributed by atoms with Crippen molar-refractivity contribution in [3.8, 4) is 11.6 Å². The van der Waals surface area contributed by atoms with Gasteiger partial charge in [-0.1, -0.05) is 41.9 Å². The Hall–Kier alpha value is -3.89. The number of thioether (sulfide) groups is 1. The molecule has 35 heavy (non-hydrogen) atoms. The topological polar surface area (TPSA) is 110 Å². The van der Waals surface area contributed by atoms with Crippen molar-refractivity contribution in [2.45, 2.75) is 12.7 Å². The number of aryl methyl sites for hydroxylation is 1. The zero-order chi connectivity index (χ0) is 24.4. The third-order valence-corrected chi connectivity index (χ3v) is 6.40. The predicted octanol–water partition coefficient (Wildman–Crippen LogP) is 4.13. The molecule has 1 amide bonds. The van der Waals surface area contributed by atoms with Crippen LogP contribution in [-0.4, -0.2) is 41.2 Å². The average Bonchev–Trinajstić information content (AvgIpc) is 3.44. The van der Waals surface area contributed by atoms with E-state index in [4.69, 9.17) is 11.6 Å². The number of amides is 1. The average molecular weight is 506 g/mol. The Morgan fingerprint density at radius 3 is 2.66 bits per heavy atom. The molecule has 0 spiro atoms. The molecule has 0 aliphatic rings. The Morgan fingerprint density at radius 1 is 1.11 bits per heavy atom. The first kappa shape index (κ1) is 22.9. The van der Waals surface area contributed by atoms with Crippen molar-refractivity contribution in [3.63, 3.8) is 0 Å². The number of hydrogen-bond donors (Lipinski definition) is 2. The molecule has 2 aromatic carbocycles. The minimum absolute atomic E-state index is 0.165. The Bertz CT molecular complexity index is 1560. The van der Waals surface area contributed by atoms with Gasteiger partial charge >= 0.3 is 0 Å². The normalized spacial score (nSPS) is 11.1. The second-order valence-corrected chi connectivity index (χ2v) is 9.19. The van der Waals surface area contributed by atoms with Gasteiger partial charge in [0.05, 0.1) is 23.3 Å². The van der Waals surface area contributed by atoms with Gasteiger partial charge in [0.2, 0.25) is 11.9 Å². The molecular formula is C24H20ClN7O2S. The van der Waals surface area contributed by atoms with E-state index in [1.807, 2.05) is 30.3 Å². The van der Waals surface area contributed by atoms with E-state index in [0.717, 1.165) is 11.3 Å². The summed E-state index contributed by atoms with van der Waals surface area (Å²) in [6.45, 7) is 1.80. The second kappa shape index (κ2) is 9.77. The summed E-state index contributed by atoms with van der Waals surface area (Å²) in [6, 6.07) is 18.7. The maximum absolute atomic E-state index is 12.8. The summed E-state index contributed by atoms with van der Waals surface area (Å²) in [7, 11) is 0. The molecule has 3 heterocycles. The number of fused-ring (bicyclic) bond motifs is 1. The lowest BCUT2D eigenvalue weighted by molar-refractivity contribution is -0.113. The van der Waals surface area contributed by atoms with Gasteiger partial charge in [0.1, 0.15) is 11.2 Å². The van der Waals surface area contributed by atoms with Crippen molar-refractivity contribution < 1.29 is 4.79 Å². The Balaban J connectivity index is 1.41. The molecular weight excluding hydrogens is 486 g/mol. The van der Waals surface area contributed by atoms with Gasteiger partial charge in [-0.3, -0.25) is 14.6 Å². The van der Waals surface area contributed by atoms with E-state index in [2.05, 4.69) is 25.5 Å². The monoisotopic (exact) mass is 505 g/mol. The number of aromatic amines is 1. The van der Waals surface area contributed by atoms with Crippen LogP contribution in [0.1, 0.15) is 11.3 Å². The molecule has 0 saturated carbocycles. The number of anilines is 1. The standard InChI is InChI=1S/C24H20ClN7O2S/c1-15-11-20(27-21(33)14-35-13-16-5-3-2-4-6-16)32(30-15)24-28-22-19(23(34)29-24)12-26-31(22)18-9-7-17(25)8-10-18/h2-12H,13-14H2,1H3,(H,27,33)(H,28,29,34). The molecule has 9 nitrogen and oxygen atoms in total. The Morgan fingerprint density at radius 2 is 1.89 bits per heavy atom. The van der Waals surface area contributed by atoms with E-state index in [0.29, 0.717) is 33.3 Å². The third kappa shape index (κ3) is 4.98. The molecule has 176 valence electrons. The highest BCUT2D eigenvalue weighted by Gasteiger charge is 2.17. The smallest absolute Gasteiger partial charge is 0.263 e. The quantitative estimate of drug-likeness (QED) is 0.344. The summed E-state index contributed by atoms with van der Waals surface area (Å²) < 4.78 is 2.97. The number of carbonyl (C=O) groups is 1. The first-order valence-corrected chi connectivity index (χ1v) is 12.2. The lowest BCUT2D eigenvalue weighted by atomic mass is 10.2. The van der Waals surface area contributed by atoms with Crippen LogP contribution in [-0.2, 0) is 10.5 Å². The van der Waals surface area contributed by atoms with Crippen LogP contribution in [0.2, 0.25) is 5.02 Å². The van der Waals surface area contributed by atoms with Crippen LogP contribution >= 0.6 is 23.4 Å². The van der Waals surface area contributed by atoms with Crippen LogP contribution in [0.4, 0.5) is 5.82 Å². The van der Waals surface area contributed by atoms with Gasteiger partial charge in [-0.25, -0.2) is 4.68 Å². The van der Waals surface area contributed by atoms with Gasteiger partial charge in [-0.2, -0.15) is 19.9 Å². The summed E-state index contributed by atoms with van der Waals surface area (Å²) >= 11 is 7.51. The SMILES string of the molecule is Cc1cc(NC(=O)CSCc2ccccc2)n(-c2nc3c(cnn3-c3ccc(Cl)cc3)c(=O)[nH]2)n1. The van der Waals surface area contributed by atoms with Crippen molar-refractivity contribution in [1.82, 2.24) is 29.5 Å². The number of halogens is 1. The number of carbonyl (C=O) groups excluding carboxylic acids is 1. The maximum atomic E-state index is 12.8. The number of benzene rings is 2. The van der Waals surface area contributed by atoms with E-state index in [9.17, 15) is 9.59 Å². The molecule has 0 aliphatic heterocycles. The fraction of sp³-hybridized carbons (Fsp3) is 0.125. The van der Waals surface area contributed by atoms with E-state index in [1.165, 1.54) is 22.6 Å². The molecule has 5 aromatic rings. The number of nitrogens with zero attached hydrogens (tertiary/aromatic N) is 5. The van der Waals surface area contributed by atoms with Crippen LogP contribution in [0.3, 0.4) is 0 Å². The van der Waals surface area contributed by atoms with Gasteiger partial charge in [-0.05, 0) is 36.8 Å². The number of aromatic nitrogens is 6. The summed E-state index contributed by atoms with van der Waals surface area (Å²) in [5.74, 6) is 1.39. The number of hydrogen-bond acceptors (Lipinski definition) is 6. The molecule has 0 bridgehead atoms. The minimum Gasteiger partial charge on any atom is -0.310 e. The molecule has 0 atom stereocenters. The first-order valence-electron chi connectivity index (χ1n) is 10.7. The lowest BCUT2D eigenvalue weighted by Crippen LogP contribution is -2.20. The van der Waals surface area contributed by atoms with Gasteiger partial charge in [-0.15, -0.1) is 11.8 Å². The van der Waals surface area contributed by atoms with Gasteiger partial charge in [0.15, 0.2) is 5.65 Å². The van der Waals surface area contributed by atoms with Crippen LogP contribution < -0.4 is 10.9 Å². The zero-order valence-electron chi connectivity index (χ0n) is 18.6. The van der Waals surface area contributed by atoms with Gasteiger partial charge in [0.25, 0.3) is 5.56 Å². The summed E-state index contributed by atoms with van der Waals surface area (Å²) in [6.07, 6.45) is 1.46. The molecule has 0 fully saturated rings. The zero-order valence-corrected chi connectivity index (χ0v) is 20.2. The van der Waals surface area contributed by atoms with Crippen LogP contribution in [0.15, 0.2) is 71.7 Å². The van der Waals surface area contributed by atoms with E-state index in [-0.39, 0.29) is 23.2 Å². The molecule has 2 N–H and O–H groups in total. The second-order valence-electron chi connectivity index (χ2n) is 7.77.